The highest BCUT2D eigenvalue weighted by atomic mass is 127. The molecule has 1 unspecified atom stereocenters. The predicted molar refractivity (Wildman–Crippen MR) is 109 cm³/mol. The van der Waals surface area contributed by atoms with Gasteiger partial charge in [-0.1, -0.05) is 13.8 Å². The van der Waals surface area contributed by atoms with Crippen molar-refractivity contribution in [2.24, 2.45) is 10.9 Å². The fourth-order valence-electron chi connectivity index (χ4n) is 2.51. The molecule has 0 fully saturated rings. The highest BCUT2D eigenvalue weighted by Gasteiger charge is 2.24. The van der Waals surface area contributed by atoms with Gasteiger partial charge in [0, 0.05) is 27.2 Å². The van der Waals surface area contributed by atoms with Gasteiger partial charge in [0.05, 0.1) is 6.04 Å². The zero-order valence-corrected chi connectivity index (χ0v) is 18.1. The third-order valence-corrected chi connectivity index (χ3v) is 3.84. The monoisotopic (exact) mass is 463 g/mol. The van der Waals surface area contributed by atoms with E-state index in [1.54, 1.807) is 19.0 Å². The summed E-state index contributed by atoms with van der Waals surface area (Å²) in [5.74, 6) is 2.84. The molecule has 0 saturated carbocycles. The van der Waals surface area contributed by atoms with E-state index in [1.807, 2.05) is 11.6 Å². The van der Waals surface area contributed by atoms with Crippen molar-refractivity contribution in [3.05, 3.63) is 11.6 Å². The van der Waals surface area contributed by atoms with Gasteiger partial charge in [-0.15, -0.1) is 24.0 Å². The van der Waals surface area contributed by atoms with Crippen molar-refractivity contribution < 1.29 is 4.79 Å². The Morgan fingerprint density at radius 3 is 2.80 bits per heavy atom. The number of aryl methyl sites for hydroxylation is 2. The highest BCUT2D eigenvalue weighted by Crippen LogP contribution is 2.22. The Hall–Kier alpha value is -1.39. The van der Waals surface area contributed by atoms with E-state index < -0.39 is 0 Å². The van der Waals surface area contributed by atoms with Gasteiger partial charge in [0.2, 0.25) is 5.91 Å². The minimum atomic E-state index is -0.0247. The quantitative estimate of drug-likeness (QED) is 0.391. The van der Waals surface area contributed by atoms with Crippen LogP contribution >= 0.6 is 24.0 Å². The maximum atomic E-state index is 11.8. The van der Waals surface area contributed by atoms with Crippen LogP contribution in [0.5, 0.6) is 0 Å². The lowest BCUT2D eigenvalue weighted by Gasteiger charge is -2.25. The molecule has 2 heterocycles. The Labute approximate surface area is 166 Å². The van der Waals surface area contributed by atoms with Gasteiger partial charge in [-0.05, 0) is 25.7 Å². The summed E-state index contributed by atoms with van der Waals surface area (Å²) >= 11 is 0. The number of carbonyl (C=O) groups excluding carboxylic acids is 1. The predicted octanol–water partition coefficient (Wildman–Crippen LogP) is 1.32. The number of likely N-dealkylation sites (N-methyl/N-ethyl adjacent to an activating group) is 1. The molecule has 0 aliphatic carbocycles. The summed E-state index contributed by atoms with van der Waals surface area (Å²) in [6, 6.07) is 0.0628. The van der Waals surface area contributed by atoms with Gasteiger partial charge in [0.25, 0.3) is 0 Å². The molecule has 0 spiro atoms. The Morgan fingerprint density at radius 2 is 2.16 bits per heavy atom. The maximum absolute atomic E-state index is 11.8. The van der Waals surface area contributed by atoms with Crippen LogP contribution in [-0.4, -0.2) is 58.7 Å². The molecule has 0 saturated heterocycles. The van der Waals surface area contributed by atoms with Gasteiger partial charge >= 0.3 is 0 Å². The van der Waals surface area contributed by atoms with E-state index in [9.17, 15) is 4.79 Å². The summed E-state index contributed by atoms with van der Waals surface area (Å²) in [7, 11) is 3.47. The molecule has 142 valence electrons. The lowest BCUT2D eigenvalue weighted by atomic mass is 10.1. The number of aromatic nitrogens is 3. The number of hydrogen-bond acceptors (Lipinski definition) is 4. The molecule has 1 aliphatic heterocycles. The van der Waals surface area contributed by atoms with E-state index in [2.05, 4.69) is 39.6 Å². The van der Waals surface area contributed by atoms with Crippen LogP contribution in [0.1, 0.15) is 44.4 Å². The molecule has 2 rings (SSSR count). The number of halogens is 1. The SMILES string of the molecule is Cc1nc2n(n1)CCCC2NC(=NCC(=O)N(C)C)NCC(C)C.I. The van der Waals surface area contributed by atoms with Crippen molar-refractivity contribution in [3.8, 4) is 0 Å². The molecule has 0 radical (unpaired) electrons. The maximum Gasteiger partial charge on any atom is 0.243 e. The van der Waals surface area contributed by atoms with Crippen LogP contribution in [0.15, 0.2) is 4.99 Å². The van der Waals surface area contributed by atoms with Crippen molar-refractivity contribution in [1.82, 2.24) is 30.3 Å². The van der Waals surface area contributed by atoms with Crippen molar-refractivity contribution in [3.63, 3.8) is 0 Å². The molecule has 1 aromatic heterocycles. The van der Waals surface area contributed by atoms with Crippen LogP contribution in [0.3, 0.4) is 0 Å². The molecule has 0 aromatic carbocycles. The first kappa shape index (κ1) is 21.7. The first-order valence-corrected chi connectivity index (χ1v) is 8.53. The Balaban J connectivity index is 0.00000312. The van der Waals surface area contributed by atoms with Crippen LogP contribution in [0.25, 0.3) is 0 Å². The number of rotatable bonds is 5. The summed E-state index contributed by atoms with van der Waals surface area (Å²) < 4.78 is 1.96. The molecule has 1 aromatic rings. The third-order valence-electron chi connectivity index (χ3n) is 3.84. The van der Waals surface area contributed by atoms with E-state index in [1.165, 1.54) is 0 Å². The van der Waals surface area contributed by atoms with Crippen LogP contribution in [0.2, 0.25) is 0 Å². The van der Waals surface area contributed by atoms with Gasteiger partial charge in [0.15, 0.2) is 5.96 Å². The van der Waals surface area contributed by atoms with Gasteiger partial charge in [0.1, 0.15) is 18.2 Å². The Bertz CT molecular complexity index is 597. The van der Waals surface area contributed by atoms with Gasteiger partial charge in [-0.2, -0.15) is 5.10 Å². The fraction of sp³-hybridized carbons (Fsp3) is 0.750. The summed E-state index contributed by atoms with van der Waals surface area (Å²) in [6.45, 7) is 8.00. The standard InChI is InChI=1S/C16H29N7O.HI/c1-11(2)9-17-16(18-10-14(24)22(4)5)20-13-7-6-8-23-15(13)19-12(3)21-23;/h11,13H,6-10H2,1-5H3,(H2,17,18,20);1H. The second kappa shape index (κ2) is 9.93. The van der Waals surface area contributed by atoms with Gasteiger partial charge in [-0.25, -0.2) is 14.7 Å². The van der Waals surface area contributed by atoms with E-state index in [4.69, 9.17) is 0 Å². The number of aliphatic imine (C=N–C) groups is 1. The first-order valence-electron chi connectivity index (χ1n) is 8.53. The molecule has 2 N–H and O–H groups in total. The van der Waals surface area contributed by atoms with Crippen LogP contribution in [0.4, 0.5) is 0 Å². The molecular formula is C16H30IN7O. The first-order chi connectivity index (χ1) is 11.4. The molecule has 1 aliphatic rings. The van der Waals surface area contributed by atoms with Crippen molar-refractivity contribution in [2.75, 3.05) is 27.2 Å². The largest absolute Gasteiger partial charge is 0.356 e. The average molecular weight is 463 g/mol. The van der Waals surface area contributed by atoms with Crippen molar-refractivity contribution >= 4 is 35.8 Å². The second-order valence-corrected chi connectivity index (χ2v) is 6.81. The zero-order valence-electron chi connectivity index (χ0n) is 15.7. The molecule has 0 bridgehead atoms. The highest BCUT2D eigenvalue weighted by molar-refractivity contribution is 14.0. The minimum absolute atomic E-state index is 0. The number of carbonyl (C=O) groups is 1. The molecule has 25 heavy (non-hydrogen) atoms. The molecular weight excluding hydrogens is 433 g/mol. The van der Waals surface area contributed by atoms with E-state index in [-0.39, 0.29) is 42.5 Å². The average Bonchev–Trinajstić information content (AvgIpc) is 2.90. The second-order valence-electron chi connectivity index (χ2n) is 6.81. The lowest BCUT2D eigenvalue weighted by molar-refractivity contribution is -0.127. The summed E-state index contributed by atoms with van der Waals surface area (Å²) in [4.78, 5) is 22.3. The molecule has 1 amide bonds. The van der Waals surface area contributed by atoms with Crippen LogP contribution in [0, 0.1) is 12.8 Å². The lowest BCUT2D eigenvalue weighted by Crippen LogP contribution is -2.43. The summed E-state index contributed by atoms with van der Waals surface area (Å²) in [5, 5.41) is 11.2. The Morgan fingerprint density at radius 1 is 1.44 bits per heavy atom. The Kier molecular flexibility index (Phi) is 8.60. The molecule has 9 heteroatoms. The smallest absolute Gasteiger partial charge is 0.243 e. The van der Waals surface area contributed by atoms with E-state index in [0.29, 0.717) is 11.9 Å². The summed E-state index contributed by atoms with van der Waals surface area (Å²) in [5.41, 5.74) is 0. The molecule has 8 nitrogen and oxygen atoms in total. The van der Waals surface area contributed by atoms with Crippen molar-refractivity contribution in [2.45, 2.75) is 46.2 Å². The minimum Gasteiger partial charge on any atom is -0.356 e. The molecule has 1 atom stereocenters. The van der Waals surface area contributed by atoms with Gasteiger partial charge < -0.3 is 15.5 Å². The van der Waals surface area contributed by atoms with Crippen LogP contribution < -0.4 is 10.6 Å². The normalized spacial score (nSPS) is 16.9. The van der Waals surface area contributed by atoms with Crippen LogP contribution in [-0.2, 0) is 11.3 Å². The zero-order chi connectivity index (χ0) is 17.7. The van der Waals surface area contributed by atoms with E-state index >= 15 is 0 Å². The third kappa shape index (κ3) is 6.44. The van der Waals surface area contributed by atoms with Crippen molar-refractivity contribution in [1.29, 1.82) is 0 Å². The number of guanidine groups is 1. The van der Waals surface area contributed by atoms with Gasteiger partial charge in [-0.3, -0.25) is 4.79 Å². The van der Waals surface area contributed by atoms with E-state index in [0.717, 1.165) is 37.6 Å². The number of hydrogen-bond donors (Lipinski definition) is 2. The number of fused-ring (bicyclic) bond motifs is 1. The number of nitrogens with one attached hydrogen (secondary N) is 2. The number of nitrogens with zero attached hydrogens (tertiary/aromatic N) is 5. The fourth-order valence-corrected chi connectivity index (χ4v) is 2.51. The topological polar surface area (TPSA) is 87.4 Å². The number of amides is 1. The summed E-state index contributed by atoms with van der Waals surface area (Å²) in [6.07, 6.45) is 2.02.